The van der Waals surface area contributed by atoms with Gasteiger partial charge in [0.15, 0.2) is 0 Å². The Labute approximate surface area is 103 Å². The van der Waals surface area contributed by atoms with Gasteiger partial charge in [0, 0.05) is 26.1 Å². The second-order valence-electron chi connectivity index (χ2n) is 4.93. The smallest absolute Gasteiger partial charge is 0.113 e. The first kappa shape index (κ1) is 10.7. The van der Waals surface area contributed by atoms with E-state index < -0.39 is 5.60 Å². The van der Waals surface area contributed by atoms with E-state index in [0.717, 1.165) is 42.6 Å². The van der Waals surface area contributed by atoms with Gasteiger partial charge in [-0.1, -0.05) is 0 Å². The molecule has 2 saturated heterocycles. The van der Waals surface area contributed by atoms with Crippen molar-refractivity contribution in [3.05, 3.63) is 16.4 Å². The van der Waals surface area contributed by atoms with E-state index in [1.165, 1.54) is 0 Å². The number of hydrogen-bond acceptors (Lipinski definition) is 3. The van der Waals surface area contributed by atoms with Crippen molar-refractivity contribution in [1.82, 2.24) is 14.7 Å². The number of halogens is 1. The van der Waals surface area contributed by atoms with Gasteiger partial charge < -0.3 is 10.0 Å². The van der Waals surface area contributed by atoms with Gasteiger partial charge in [-0.05, 0) is 35.3 Å². The summed E-state index contributed by atoms with van der Waals surface area (Å²) < 4.78 is 2.73. The molecule has 3 atom stereocenters. The fourth-order valence-corrected chi connectivity index (χ4v) is 3.86. The summed E-state index contributed by atoms with van der Waals surface area (Å²) in [5, 5.41) is 15.2. The Kier molecular flexibility index (Phi) is 2.38. The van der Waals surface area contributed by atoms with Gasteiger partial charge in [0.2, 0.25) is 0 Å². The van der Waals surface area contributed by atoms with E-state index >= 15 is 0 Å². The van der Waals surface area contributed by atoms with Gasteiger partial charge in [0.05, 0.1) is 16.4 Å². The lowest BCUT2D eigenvalue weighted by Crippen LogP contribution is -2.45. The molecule has 3 unspecified atom stereocenters. The predicted octanol–water partition coefficient (Wildman–Crippen LogP) is 1.10. The minimum atomic E-state index is -0.697. The van der Waals surface area contributed by atoms with Crippen LogP contribution in [-0.4, -0.2) is 39.4 Å². The summed E-state index contributed by atoms with van der Waals surface area (Å²) >= 11 is 3.50. The molecule has 1 N–H and O–H groups in total. The highest BCUT2D eigenvalue weighted by Crippen LogP contribution is 2.44. The van der Waals surface area contributed by atoms with Crippen molar-refractivity contribution in [3.63, 3.8) is 0 Å². The van der Waals surface area contributed by atoms with Crippen LogP contribution in [0.4, 0.5) is 0 Å². The summed E-state index contributed by atoms with van der Waals surface area (Å²) in [4.78, 5) is 2.43. The molecule has 16 heavy (non-hydrogen) atoms. The first-order valence-electron chi connectivity index (χ1n) is 5.74. The van der Waals surface area contributed by atoms with E-state index in [0.29, 0.717) is 5.92 Å². The fourth-order valence-electron chi connectivity index (χ4n) is 3.17. The zero-order valence-electron chi connectivity index (χ0n) is 9.36. The molecule has 2 bridgehead atoms. The van der Waals surface area contributed by atoms with E-state index in [4.69, 9.17) is 0 Å². The molecule has 2 aliphatic rings. The highest BCUT2D eigenvalue weighted by molar-refractivity contribution is 9.10. The summed E-state index contributed by atoms with van der Waals surface area (Å²) in [6, 6.07) is 0. The summed E-state index contributed by atoms with van der Waals surface area (Å²) in [5.41, 5.74) is 0.246. The number of aromatic nitrogens is 2. The molecule has 5 heteroatoms. The average Bonchev–Trinajstić information content (AvgIpc) is 2.80. The molecule has 0 aliphatic carbocycles. The van der Waals surface area contributed by atoms with Crippen molar-refractivity contribution in [2.45, 2.75) is 18.4 Å². The van der Waals surface area contributed by atoms with E-state index in [1.807, 2.05) is 7.05 Å². The maximum atomic E-state index is 11.0. The van der Waals surface area contributed by atoms with Crippen LogP contribution in [-0.2, 0) is 12.6 Å². The number of aliphatic hydroxyl groups is 1. The van der Waals surface area contributed by atoms with Crippen LogP contribution in [0.2, 0.25) is 0 Å². The van der Waals surface area contributed by atoms with Gasteiger partial charge >= 0.3 is 0 Å². The van der Waals surface area contributed by atoms with Gasteiger partial charge in [-0.3, -0.25) is 4.68 Å². The lowest BCUT2D eigenvalue weighted by atomic mass is 9.79. The van der Waals surface area contributed by atoms with Gasteiger partial charge in [-0.25, -0.2) is 0 Å². The zero-order chi connectivity index (χ0) is 11.3. The van der Waals surface area contributed by atoms with Crippen LogP contribution in [0.1, 0.15) is 18.5 Å². The molecule has 3 heterocycles. The summed E-state index contributed by atoms with van der Waals surface area (Å²) in [7, 11) is 1.90. The van der Waals surface area contributed by atoms with Gasteiger partial charge in [0.1, 0.15) is 5.60 Å². The Hall–Kier alpha value is -0.390. The van der Waals surface area contributed by atoms with Crippen molar-refractivity contribution in [1.29, 1.82) is 0 Å². The number of rotatable bonds is 1. The van der Waals surface area contributed by atoms with Gasteiger partial charge in [-0.15, -0.1) is 0 Å². The van der Waals surface area contributed by atoms with E-state index in [1.54, 1.807) is 10.9 Å². The van der Waals surface area contributed by atoms with Crippen LogP contribution >= 0.6 is 15.9 Å². The van der Waals surface area contributed by atoms with Crippen LogP contribution in [0, 0.1) is 5.92 Å². The number of fused-ring (bicyclic) bond motifs is 2. The standard InChI is InChI=1S/C11H16BrN3O/c1-14-10(9(12)6-13-14)11(16)3-5-15-4-2-8(11)7-15/h6,8,16H,2-5,7H2,1H3. The molecule has 0 saturated carbocycles. The third kappa shape index (κ3) is 1.38. The SMILES string of the molecule is Cn1ncc(Br)c1C1(O)CCN2CCC1C2. The molecule has 88 valence electrons. The van der Waals surface area contributed by atoms with E-state index in [-0.39, 0.29) is 0 Å². The number of aryl methyl sites for hydroxylation is 1. The van der Waals surface area contributed by atoms with E-state index in [2.05, 4.69) is 25.9 Å². The third-order valence-electron chi connectivity index (χ3n) is 4.06. The molecule has 0 amide bonds. The van der Waals surface area contributed by atoms with Gasteiger partial charge in [0.25, 0.3) is 0 Å². The third-order valence-corrected chi connectivity index (χ3v) is 4.64. The molecule has 2 fully saturated rings. The number of piperidine rings is 1. The molecule has 2 aliphatic heterocycles. The normalized spacial score (nSPS) is 37.9. The Bertz CT molecular complexity index is 400. The van der Waals surface area contributed by atoms with Crippen LogP contribution < -0.4 is 0 Å². The Morgan fingerprint density at radius 1 is 1.56 bits per heavy atom. The topological polar surface area (TPSA) is 41.3 Å². The van der Waals surface area contributed by atoms with Crippen LogP contribution in [0.25, 0.3) is 0 Å². The first-order valence-corrected chi connectivity index (χ1v) is 6.53. The van der Waals surface area contributed by atoms with Crippen molar-refractivity contribution in [3.8, 4) is 0 Å². The minimum Gasteiger partial charge on any atom is -0.383 e. The summed E-state index contributed by atoms with van der Waals surface area (Å²) in [6.45, 7) is 3.14. The number of nitrogens with zero attached hydrogens (tertiary/aromatic N) is 3. The Morgan fingerprint density at radius 2 is 2.38 bits per heavy atom. The van der Waals surface area contributed by atoms with Crippen molar-refractivity contribution < 1.29 is 5.11 Å². The fraction of sp³-hybridized carbons (Fsp3) is 0.727. The second kappa shape index (κ2) is 3.55. The molecule has 1 aromatic heterocycles. The summed E-state index contributed by atoms with van der Waals surface area (Å²) in [5.74, 6) is 0.355. The molecule has 0 aromatic carbocycles. The lowest BCUT2D eigenvalue weighted by molar-refractivity contribution is -0.0570. The maximum Gasteiger partial charge on any atom is 0.113 e. The molecular formula is C11H16BrN3O. The zero-order valence-corrected chi connectivity index (χ0v) is 10.9. The first-order chi connectivity index (χ1) is 7.61. The number of hydrogen-bond donors (Lipinski definition) is 1. The molecule has 1 aromatic rings. The molecule has 4 nitrogen and oxygen atoms in total. The monoisotopic (exact) mass is 285 g/mol. The minimum absolute atomic E-state index is 0.355. The highest BCUT2D eigenvalue weighted by atomic mass is 79.9. The molecule has 3 rings (SSSR count). The molecule has 0 spiro atoms. The maximum absolute atomic E-state index is 11.0. The summed E-state index contributed by atoms with van der Waals surface area (Å²) in [6.07, 6.45) is 3.68. The average molecular weight is 286 g/mol. The Balaban J connectivity index is 2.04. The molecule has 0 radical (unpaired) electrons. The van der Waals surface area contributed by atoms with Crippen LogP contribution in [0.5, 0.6) is 0 Å². The van der Waals surface area contributed by atoms with Gasteiger partial charge in [-0.2, -0.15) is 5.10 Å². The molecular weight excluding hydrogens is 270 g/mol. The van der Waals surface area contributed by atoms with Crippen LogP contribution in [0.15, 0.2) is 10.7 Å². The van der Waals surface area contributed by atoms with Crippen molar-refractivity contribution in [2.24, 2.45) is 13.0 Å². The van der Waals surface area contributed by atoms with Crippen LogP contribution in [0.3, 0.4) is 0 Å². The van der Waals surface area contributed by atoms with Crippen molar-refractivity contribution >= 4 is 15.9 Å². The van der Waals surface area contributed by atoms with Crippen molar-refractivity contribution in [2.75, 3.05) is 19.6 Å². The predicted molar refractivity (Wildman–Crippen MR) is 64.0 cm³/mol. The van der Waals surface area contributed by atoms with E-state index in [9.17, 15) is 5.11 Å². The quantitative estimate of drug-likeness (QED) is 0.840. The highest BCUT2D eigenvalue weighted by Gasteiger charge is 2.48. The second-order valence-corrected chi connectivity index (χ2v) is 5.78. The lowest BCUT2D eigenvalue weighted by Gasteiger charge is -2.39. The largest absolute Gasteiger partial charge is 0.383 e. The Morgan fingerprint density at radius 3 is 3.06 bits per heavy atom.